The zero-order valence-electron chi connectivity index (χ0n) is 20.2. The summed E-state index contributed by atoms with van der Waals surface area (Å²) < 4.78 is 11.1. The Morgan fingerprint density at radius 2 is 1.91 bits per heavy atom. The van der Waals surface area contributed by atoms with Crippen molar-refractivity contribution in [3.8, 4) is 5.75 Å². The first kappa shape index (κ1) is 25.4. The number of allylic oxidation sites excluding steroid dienone is 3. The largest absolute Gasteiger partial charge is 0.497 e. The lowest BCUT2D eigenvalue weighted by Crippen LogP contribution is -2.36. The molecule has 35 heavy (non-hydrogen) atoms. The van der Waals surface area contributed by atoms with E-state index in [0.29, 0.717) is 47.1 Å². The van der Waals surface area contributed by atoms with Crippen molar-refractivity contribution < 1.29 is 19.1 Å². The number of carbonyl (C=O) groups is 2. The Morgan fingerprint density at radius 3 is 2.63 bits per heavy atom. The predicted molar refractivity (Wildman–Crippen MR) is 141 cm³/mol. The van der Waals surface area contributed by atoms with Crippen LogP contribution in [-0.2, 0) is 14.3 Å². The highest BCUT2D eigenvalue weighted by atomic mass is 35.5. The number of ether oxygens (including phenoxy) is 2. The third kappa shape index (κ3) is 5.60. The summed E-state index contributed by atoms with van der Waals surface area (Å²) in [5, 5.41) is 4.07. The highest BCUT2D eigenvalue weighted by Gasteiger charge is 2.41. The van der Waals surface area contributed by atoms with Crippen LogP contribution in [0.2, 0.25) is 5.02 Å². The number of nitrogens with one attached hydrogen (secondary N) is 1. The van der Waals surface area contributed by atoms with Gasteiger partial charge in [0.15, 0.2) is 5.78 Å². The van der Waals surface area contributed by atoms with Crippen LogP contribution in [0.5, 0.6) is 5.75 Å². The molecule has 1 N–H and O–H groups in total. The summed E-state index contributed by atoms with van der Waals surface area (Å²) in [7, 11) is 1.61. The molecule has 2 aromatic carbocycles. The Kier molecular flexibility index (Phi) is 8.24. The molecule has 4 rings (SSSR count). The maximum Gasteiger partial charge on any atom is 0.336 e. The highest BCUT2D eigenvalue weighted by Crippen LogP contribution is 2.46. The van der Waals surface area contributed by atoms with Crippen molar-refractivity contribution in [1.82, 2.24) is 5.32 Å². The fourth-order valence-electron chi connectivity index (χ4n) is 4.85. The van der Waals surface area contributed by atoms with Gasteiger partial charge in [-0.3, -0.25) is 4.79 Å². The molecule has 0 spiro atoms. The maximum atomic E-state index is 13.7. The van der Waals surface area contributed by atoms with Gasteiger partial charge in [-0.2, -0.15) is 11.8 Å². The standard InChI is InChI=1S/C28H30ClNO4S/c1-4-35-13-12-34-28(32)25-17(2)30-23-15-20(18-8-10-21(29)11-9-18)16-24(31)27(23)26(25)19-6-5-7-22(14-19)33-3/h5-11,14,20,26,30H,4,12-13,15-16H2,1-3H3. The average Bonchev–Trinajstić information content (AvgIpc) is 2.86. The second-order valence-corrected chi connectivity index (χ2v) is 10.5. The van der Waals surface area contributed by atoms with E-state index in [9.17, 15) is 9.59 Å². The molecule has 184 valence electrons. The van der Waals surface area contributed by atoms with E-state index in [2.05, 4.69) is 12.2 Å². The summed E-state index contributed by atoms with van der Waals surface area (Å²) in [4.78, 5) is 27.0. The highest BCUT2D eigenvalue weighted by molar-refractivity contribution is 7.99. The molecular formula is C28H30ClNO4S. The van der Waals surface area contributed by atoms with E-state index >= 15 is 0 Å². The van der Waals surface area contributed by atoms with Gasteiger partial charge < -0.3 is 14.8 Å². The number of ketones is 1. The summed E-state index contributed by atoms with van der Waals surface area (Å²) in [6, 6.07) is 15.2. The molecule has 2 aliphatic rings. The van der Waals surface area contributed by atoms with Crippen molar-refractivity contribution >= 4 is 35.1 Å². The van der Waals surface area contributed by atoms with E-state index in [-0.39, 0.29) is 11.7 Å². The van der Waals surface area contributed by atoms with E-state index in [1.165, 1.54) is 0 Å². The zero-order valence-corrected chi connectivity index (χ0v) is 21.8. The van der Waals surface area contributed by atoms with Crippen molar-refractivity contribution in [2.45, 2.75) is 38.5 Å². The molecule has 0 saturated heterocycles. The molecule has 7 heteroatoms. The molecule has 0 amide bonds. The summed E-state index contributed by atoms with van der Waals surface area (Å²) in [5.74, 6) is 1.56. The lowest BCUT2D eigenvalue weighted by atomic mass is 9.71. The van der Waals surface area contributed by atoms with Crippen LogP contribution in [0.15, 0.2) is 71.1 Å². The maximum absolute atomic E-state index is 13.7. The van der Waals surface area contributed by atoms with Crippen molar-refractivity contribution in [2.24, 2.45) is 0 Å². The Balaban J connectivity index is 1.72. The first-order chi connectivity index (χ1) is 16.9. The summed E-state index contributed by atoms with van der Waals surface area (Å²) >= 11 is 7.79. The van der Waals surface area contributed by atoms with Gasteiger partial charge in [-0.1, -0.05) is 42.8 Å². The van der Waals surface area contributed by atoms with Gasteiger partial charge in [0.1, 0.15) is 12.4 Å². The molecular weight excluding hydrogens is 482 g/mol. The molecule has 1 aliphatic carbocycles. The van der Waals surface area contributed by atoms with Crippen molar-refractivity contribution in [2.75, 3.05) is 25.2 Å². The molecule has 1 heterocycles. The fourth-order valence-corrected chi connectivity index (χ4v) is 5.47. The Bertz CT molecular complexity index is 1170. The van der Waals surface area contributed by atoms with Gasteiger partial charge >= 0.3 is 5.97 Å². The molecule has 0 bridgehead atoms. The number of hydrogen-bond donors (Lipinski definition) is 1. The van der Waals surface area contributed by atoms with Gasteiger partial charge in [-0.25, -0.2) is 4.79 Å². The number of methoxy groups -OCH3 is 1. The molecule has 0 radical (unpaired) electrons. The van der Waals surface area contributed by atoms with Crippen LogP contribution in [0.1, 0.15) is 49.7 Å². The SMILES string of the molecule is CCSCCOC(=O)C1=C(C)NC2=C(C(=O)CC(c3ccc(Cl)cc3)C2)C1c1cccc(OC)c1. The zero-order chi connectivity index (χ0) is 24.9. The number of thioether (sulfide) groups is 1. The summed E-state index contributed by atoms with van der Waals surface area (Å²) in [5.41, 5.74) is 4.62. The second kappa shape index (κ2) is 11.4. The second-order valence-electron chi connectivity index (χ2n) is 8.68. The van der Waals surface area contributed by atoms with Crippen LogP contribution < -0.4 is 10.1 Å². The number of benzene rings is 2. The minimum Gasteiger partial charge on any atom is -0.497 e. The molecule has 2 atom stereocenters. The lowest BCUT2D eigenvalue weighted by Gasteiger charge is -2.36. The normalized spacial score (nSPS) is 19.8. The van der Waals surface area contributed by atoms with Gasteiger partial charge in [-0.05, 0) is 60.4 Å². The number of halogens is 1. The molecule has 5 nitrogen and oxygen atoms in total. The minimum absolute atomic E-state index is 0.0332. The van der Waals surface area contributed by atoms with E-state index in [1.54, 1.807) is 18.9 Å². The van der Waals surface area contributed by atoms with Crippen molar-refractivity contribution in [3.05, 3.63) is 87.2 Å². The average molecular weight is 512 g/mol. The molecule has 0 saturated carbocycles. The van der Waals surface area contributed by atoms with Gasteiger partial charge in [0.2, 0.25) is 0 Å². The Hall–Kier alpha value is -2.70. The van der Waals surface area contributed by atoms with E-state index < -0.39 is 11.9 Å². The van der Waals surface area contributed by atoms with Crippen LogP contribution in [0.25, 0.3) is 0 Å². The molecule has 0 aromatic heterocycles. The van der Waals surface area contributed by atoms with Gasteiger partial charge in [0, 0.05) is 40.1 Å². The molecule has 2 aromatic rings. The van der Waals surface area contributed by atoms with Crippen molar-refractivity contribution in [1.29, 1.82) is 0 Å². The number of carbonyl (C=O) groups excluding carboxylic acids is 2. The van der Waals surface area contributed by atoms with Crippen LogP contribution in [0.4, 0.5) is 0 Å². The van der Waals surface area contributed by atoms with Gasteiger partial charge in [-0.15, -0.1) is 0 Å². The van der Waals surface area contributed by atoms with E-state index in [1.807, 2.05) is 55.5 Å². The molecule has 1 aliphatic heterocycles. The Labute approximate surface area is 215 Å². The van der Waals surface area contributed by atoms with Crippen LogP contribution in [-0.4, -0.2) is 37.0 Å². The monoisotopic (exact) mass is 511 g/mol. The topological polar surface area (TPSA) is 64.6 Å². The first-order valence-corrected chi connectivity index (χ1v) is 13.3. The fraction of sp³-hybridized carbons (Fsp3) is 0.357. The predicted octanol–water partition coefficient (Wildman–Crippen LogP) is 6.01. The van der Waals surface area contributed by atoms with Gasteiger partial charge in [0.05, 0.1) is 12.7 Å². The third-order valence-corrected chi connectivity index (χ3v) is 7.60. The summed E-state index contributed by atoms with van der Waals surface area (Å²) in [6.07, 6.45) is 1.05. The van der Waals surface area contributed by atoms with Crippen LogP contribution in [0, 0.1) is 0 Å². The number of dihydropyridines is 1. The smallest absolute Gasteiger partial charge is 0.336 e. The van der Waals surface area contributed by atoms with E-state index in [4.69, 9.17) is 21.1 Å². The lowest BCUT2D eigenvalue weighted by molar-refractivity contribution is -0.138. The number of rotatable bonds is 8. The van der Waals surface area contributed by atoms with Crippen LogP contribution >= 0.6 is 23.4 Å². The summed E-state index contributed by atoms with van der Waals surface area (Å²) in [6.45, 7) is 4.28. The third-order valence-electron chi connectivity index (χ3n) is 6.48. The molecule has 0 fully saturated rings. The van der Waals surface area contributed by atoms with Crippen LogP contribution in [0.3, 0.4) is 0 Å². The quantitative estimate of drug-likeness (QED) is 0.346. The van der Waals surface area contributed by atoms with Gasteiger partial charge in [0.25, 0.3) is 0 Å². The first-order valence-electron chi connectivity index (χ1n) is 11.8. The number of Topliss-reactive ketones (excluding diaryl/α,β-unsaturated/α-hetero) is 1. The van der Waals surface area contributed by atoms with Crippen molar-refractivity contribution in [3.63, 3.8) is 0 Å². The minimum atomic E-state index is -0.508. The van der Waals surface area contributed by atoms with E-state index in [0.717, 1.165) is 28.3 Å². The molecule has 2 unspecified atom stereocenters. The Morgan fingerprint density at radius 1 is 1.14 bits per heavy atom. The number of esters is 1. The number of hydrogen-bond acceptors (Lipinski definition) is 6.